The van der Waals surface area contributed by atoms with Crippen molar-refractivity contribution in [1.29, 1.82) is 0 Å². The van der Waals surface area contributed by atoms with Crippen LogP contribution in [0.15, 0.2) is 18.2 Å². The second kappa shape index (κ2) is 3.72. The summed E-state index contributed by atoms with van der Waals surface area (Å²) in [5.74, 6) is -0.649. The van der Waals surface area contributed by atoms with Crippen LogP contribution in [0.5, 0.6) is 0 Å². The minimum Gasteiger partial charge on any atom is -0.299 e. The average Bonchev–Trinajstić information content (AvgIpc) is 2.88. The standard InChI is InChI=1S/C12H12F2O/c1-7-4-10(7)12(15)5-8-2-3-9(13)6-11(8)14/h2-3,6-7,10H,4-5H2,1H3. The van der Waals surface area contributed by atoms with Crippen LogP contribution >= 0.6 is 0 Å². The van der Waals surface area contributed by atoms with E-state index >= 15 is 0 Å². The van der Waals surface area contributed by atoms with Gasteiger partial charge in [0.05, 0.1) is 0 Å². The van der Waals surface area contributed by atoms with Gasteiger partial charge in [-0.15, -0.1) is 0 Å². The Morgan fingerprint density at radius 1 is 1.47 bits per heavy atom. The number of rotatable bonds is 3. The van der Waals surface area contributed by atoms with Crippen LogP contribution in [-0.4, -0.2) is 5.78 Å². The summed E-state index contributed by atoms with van der Waals surface area (Å²) in [5, 5.41) is 0. The van der Waals surface area contributed by atoms with Gasteiger partial charge in [-0.25, -0.2) is 8.78 Å². The van der Waals surface area contributed by atoms with Crippen molar-refractivity contribution in [3.63, 3.8) is 0 Å². The maximum Gasteiger partial charge on any atom is 0.140 e. The third-order valence-corrected chi connectivity index (χ3v) is 2.90. The molecule has 80 valence electrons. The molecule has 1 saturated carbocycles. The van der Waals surface area contributed by atoms with Crippen molar-refractivity contribution in [1.82, 2.24) is 0 Å². The minimum atomic E-state index is -0.628. The zero-order valence-electron chi connectivity index (χ0n) is 8.47. The van der Waals surface area contributed by atoms with E-state index in [0.717, 1.165) is 12.5 Å². The summed E-state index contributed by atoms with van der Waals surface area (Å²) in [6.07, 6.45) is 0.989. The van der Waals surface area contributed by atoms with Gasteiger partial charge < -0.3 is 0 Å². The van der Waals surface area contributed by atoms with Gasteiger partial charge in [-0.2, -0.15) is 0 Å². The Labute approximate surface area is 87.1 Å². The van der Waals surface area contributed by atoms with E-state index in [1.807, 2.05) is 6.92 Å². The molecule has 0 bridgehead atoms. The summed E-state index contributed by atoms with van der Waals surface area (Å²) in [6, 6.07) is 3.34. The molecule has 0 aromatic heterocycles. The average molecular weight is 210 g/mol. The molecule has 0 spiro atoms. The largest absolute Gasteiger partial charge is 0.299 e. The van der Waals surface area contributed by atoms with Gasteiger partial charge in [0.15, 0.2) is 0 Å². The lowest BCUT2D eigenvalue weighted by Gasteiger charge is -2.02. The maximum absolute atomic E-state index is 13.2. The Balaban J connectivity index is 2.07. The van der Waals surface area contributed by atoms with Gasteiger partial charge in [0.2, 0.25) is 0 Å². The highest BCUT2D eigenvalue weighted by Gasteiger charge is 2.38. The van der Waals surface area contributed by atoms with E-state index in [4.69, 9.17) is 0 Å². The number of benzene rings is 1. The maximum atomic E-state index is 13.2. The van der Waals surface area contributed by atoms with E-state index in [1.54, 1.807) is 0 Å². The second-order valence-corrected chi connectivity index (χ2v) is 4.20. The molecule has 0 aliphatic heterocycles. The number of Topliss-reactive ketones (excluding diaryl/α,β-unsaturated/α-hetero) is 1. The minimum absolute atomic E-state index is 0.0630. The summed E-state index contributed by atoms with van der Waals surface area (Å²) < 4.78 is 25.8. The molecule has 0 heterocycles. The molecule has 0 amide bonds. The fourth-order valence-corrected chi connectivity index (χ4v) is 1.75. The monoisotopic (exact) mass is 210 g/mol. The molecule has 2 rings (SSSR count). The van der Waals surface area contributed by atoms with Crippen molar-refractivity contribution in [2.24, 2.45) is 11.8 Å². The molecule has 3 heteroatoms. The number of halogens is 2. The molecular formula is C12H12F2O. The molecule has 1 aliphatic carbocycles. The Morgan fingerprint density at radius 3 is 2.67 bits per heavy atom. The van der Waals surface area contributed by atoms with Crippen molar-refractivity contribution in [2.75, 3.05) is 0 Å². The van der Waals surface area contributed by atoms with Gasteiger partial charge in [-0.3, -0.25) is 4.79 Å². The van der Waals surface area contributed by atoms with Crippen LogP contribution in [0.4, 0.5) is 8.78 Å². The molecule has 1 aromatic rings. The fraction of sp³-hybridized carbons (Fsp3) is 0.417. The SMILES string of the molecule is CC1CC1C(=O)Cc1ccc(F)cc1F. The van der Waals surface area contributed by atoms with Crippen LogP contribution in [0, 0.1) is 23.5 Å². The van der Waals surface area contributed by atoms with Crippen molar-refractivity contribution in [3.8, 4) is 0 Å². The topological polar surface area (TPSA) is 17.1 Å². The number of carbonyl (C=O) groups excluding carboxylic acids is 1. The van der Waals surface area contributed by atoms with Crippen molar-refractivity contribution < 1.29 is 13.6 Å². The van der Waals surface area contributed by atoms with Gasteiger partial charge in [0.25, 0.3) is 0 Å². The summed E-state index contributed by atoms with van der Waals surface area (Å²) >= 11 is 0. The lowest BCUT2D eigenvalue weighted by atomic mass is 10.0. The van der Waals surface area contributed by atoms with Crippen LogP contribution in [0.1, 0.15) is 18.9 Å². The van der Waals surface area contributed by atoms with E-state index in [-0.39, 0.29) is 18.1 Å². The Bertz CT molecular complexity index is 401. The molecule has 1 fully saturated rings. The zero-order chi connectivity index (χ0) is 11.0. The van der Waals surface area contributed by atoms with E-state index in [0.29, 0.717) is 11.5 Å². The highest BCUT2D eigenvalue weighted by atomic mass is 19.1. The second-order valence-electron chi connectivity index (χ2n) is 4.20. The van der Waals surface area contributed by atoms with Crippen LogP contribution in [0.25, 0.3) is 0 Å². The molecule has 2 atom stereocenters. The van der Waals surface area contributed by atoms with Crippen LogP contribution in [0.3, 0.4) is 0 Å². The lowest BCUT2D eigenvalue weighted by molar-refractivity contribution is -0.119. The first kappa shape index (κ1) is 10.3. The predicted molar refractivity (Wildman–Crippen MR) is 52.3 cm³/mol. The summed E-state index contributed by atoms with van der Waals surface area (Å²) in [4.78, 5) is 11.6. The van der Waals surface area contributed by atoms with E-state index in [1.165, 1.54) is 12.1 Å². The summed E-state index contributed by atoms with van der Waals surface area (Å²) in [6.45, 7) is 2.00. The first-order valence-corrected chi connectivity index (χ1v) is 5.04. The molecule has 2 unspecified atom stereocenters. The molecule has 1 aromatic carbocycles. The van der Waals surface area contributed by atoms with Crippen LogP contribution in [-0.2, 0) is 11.2 Å². The first-order valence-electron chi connectivity index (χ1n) is 5.04. The van der Waals surface area contributed by atoms with Gasteiger partial charge in [-0.05, 0) is 24.0 Å². The highest BCUT2D eigenvalue weighted by Crippen LogP contribution is 2.39. The number of carbonyl (C=O) groups is 1. The van der Waals surface area contributed by atoms with E-state index in [2.05, 4.69) is 0 Å². The summed E-state index contributed by atoms with van der Waals surface area (Å²) in [5.41, 5.74) is 0.292. The van der Waals surface area contributed by atoms with Crippen LogP contribution in [0.2, 0.25) is 0 Å². The Morgan fingerprint density at radius 2 is 2.13 bits per heavy atom. The molecule has 0 radical (unpaired) electrons. The summed E-state index contributed by atoms with van der Waals surface area (Å²) in [7, 11) is 0. The third-order valence-electron chi connectivity index (χ3n) is 2.90. The van der Waals surface area contributed by atoms with Crippen LogP contribution < -0.4 is 0 Å². The highest BCUT2D eigenvalue weighted by molar-refractivity contribution is 5.85. The van der Waals surface area contributed by atoms with Gasteiger partial charge in [0, 0.05) is 18.4 Å². The van der Waals surface area contributed by atoms with Gasteiger partial charge in [-0.1, -0.05) is 13.0 Å². The quantitative estimate of drug-likeness (QED) is 0.749. The van der Waals surface area contributed by atoms with Crippen molar-refractivity contribution in [2.45, 2.75) is 19.8 Å². The predicted octanol–water partition coefficient (Wildman–Crippen LogP) is 2.73. The third kappa shape index (κ3) is 2.22. The van der Waals surface area contributed by atoms with E-state index in [9.17, 15) is 13.6 Å². The lowest BCUT2D eigenvalue weighted by Crippen LogP contribution is -2.07. The molecular weight excluding hydrogens is 198 g/mol. The molecule has 15 heavy (non-hydrogen) atoms. The van der Waals surface area contributed by atoms with Crippen molar-refractivity contribution >= 4 is 5.78 Å². The number of ketones is 1. The molecule has 1 nitrogen and oxygen atoms in total. The number of hydrogen-bond acceptors (Lipinski definition) is 1. The molecule has 0 saturated heterocycles. The Hall–Kier alpha value is -1.25. The molecule has 0 N–H and O–H groups in total. The first-order chi connectivity index (χ1) is 7.08. The van der Waals surface area contributed by atoms with Gasteiger partial charge >= 0.3 is 0 Å². The smallest absolute Gasteiger partial charge is 0.140 e. The number of hydrogen-bond donors (Lipinski definition) is 0. The Kier molecular flexibility index (Phi) is 2.55. The fourth-order valence-electron chi connectivity index (χ4n) is 1.75. The van der Waals surface area contributed by atoms with Crippen molar-refractivity contribution in [3.05, 3.63) is 35.4 Å². The zero-order valence-corrected chi connectivity index (χ0v) is 8.47. The van der Waals surface area contributed by atoms with Gasteiger partial charge in [0.1, 0.15) is 17.4 Å². The normalized spacial score (nSPS) is 23.9. The molecule has 1 aliphatic rings. The van der Waals surface area contributed by atoms with E-state index < -0.39 is 11.6 Å².